The second-order valence-electron chi connectivity index (χ2n) is 7.11. The second kappa shape index (κ2) is 7.82. The molecular weight excluding hydrogens is 412 g/mol. The number of benzene rings is 2. The molecule has 0 aliphatic carbocycles. The molecule has 0 radical (unpaired) electrons. The monoisotopic (exact) mass is 430 g/mol. The summed E-state index contributed by atoms with van der Waals surface area (Å²) in [5.41, 5.74) is 5.19. The van der Waals surface area contributed by atoms with Gasteiger partial charge in [0, 0.05) is 29.0 Å². The molecule has 0 bridgehead atoms. The quantitative estimate of drug-likeness (QED) is 0.471. The molecule has 2 aliphatic rings. The topological polar surface area (TPSA) is 103 Å². The summed E-state index contributed by atoms with van der Waals surface area (Å²) in [6, 6.07) is 13.0. The van der Waals surface area contributed by atoms with Gasteiger partial charge in [0.25, 0.3) is 11.3 Å². The number of rotatable bonds is 4. The van der Waals surface area contributed by atoms with Gasteiger partial charge in [-0.15, -0.1) is 0 Å². The van der Waals surface area contributed by atoms with Crippen LogP contribution in [0, 0.1) is 0 Å². The Morgan fingerprint density at radius 1 is 1.03 bits per heavy atom. The Morgan fingerprint density at radius 2 is 1.94 bits per heavy atom. The predicted molar refractivity (Wildman–Crippen MR) is 122 cm³/mol. The molecular formula is C23H18N4O3S. The zero-order valence-electron chi connectivity index (χ0n) is 16.2. The van der Waals surface area contributed by atoms with E-state index in [9.17, 15) is 13.6 Å². The number of para-hydroxylation sites is 1. The first-order valence-corrected chi connectivity index (χ1v) is 10.7. The van der Waals surface area contributed by atoms with Crippen molar-refractivity contribution >= 4 is 45.1 Å². The van der Waals surface area contributed by atoms with Crippen molar-refractivity contribution < 1.29 is 13.6 Å². The molecule has 2 aliphatic heterocycles. The van der Waals surface area contributed by atoms with Crippen LogP contribution in [0.1, 0.15) is 22.6 Å². The molecule has 7 nitrogen and oxygen atoms in total. The summed E-state index contributed by atoms with van der Waals surface area (Å²) >= 11 is -2.23. The van der Waals surface area contributed by atoms with Crippen molar-refractivity contribution in [3.63, 3.8) is 0 Å². The van der Waals surface area contributed by atoms with Crippen LogP contribution in [0.2, 0.25) is 0 Å². The molecule has 3 heterocycles. The van der Waals surface area contributed by atoms with E-state index >= 15 is 0 Å². The SMILES string of the molecule is O=C1Nc2c(C3=CC=CC=CN3)cccc2C1c1ccc(NS(=O)O)c2ncccc12. The van der Waals surface area contributed by atoms with E-state index in [2.05, 4.69) is 20.3 Å². The van der Waals surface area contributed by atoms with Gasteiger partial charge in [0.15, 0.2) is 0 Å². The van der Waals surface area contributed by atoms with Crippen molar-refractivity contribution in [3.05, 3.63) is 95.9 Å². The Labute approximate surface area is 181 Å². The third kappa shape index (κ3) is 3.41. The summed E-state index contributed by atoms with van der Waals surface area (Å²) in [5.74, 6) is -0.646. The number of nitrogens with zero attached hydrogens (tertiary/aromatic N) is 1. The van der Waals surface area contributed by atoms with Crippen molar-refractivity contribution in [2.75, 3.05) is 10.0 Å². The number of hydrogen-bond donors (Lipinski definition) is 4. The molecule has 4 N–H and O–H groups in total. The molecule has 154 valence electrons. The van der Waals surface area contributed by atoms with E-state index in [4.69, 9.17) is 0 Å². The largest absolute Gasteiger partial charge is 0.361 e. The number of pyridine rings is 1. The Balaban J connectivity index is 1.65. The summed E-state index contributed by atoms with van der Waals surface area (Å²) < 4.78 is 23.0. The molecule has 8 heteroatoms. The fraction of sp³-hybridized carbons (Fsp3) is 0.0435. The van der Waals surface area contributed by atoms with Crippen LogP contribution < -0.4 is 15.4 Å². The van der Waals surface area contributed by atoms with Gasteiger partial charge in [-0.1, -0.05) is 42.5 Å². The van der Waals surface area contributed by atoms with Gasteiger partial charge >= 0.3 is 0 Å². The van der Waals surface area contributed by atoms with Crippen molar-refractivity contribution in [1.82, 2.24) is 10.3 Å². The first-order valence-electron chi connectivity index (χ1n) is 9.63. The molecule has 1 amide bonds. The first-order chi connectivity index (χ1) is 15.1. The van der Waals surface area contributed by atoms with Crippen LogP contribution in [-0.4, -0.2) is 19.7 Å². The van der Waals surface area contributed by atoms with Crippen LogP contribution >= 0.6 is 0 Å². The van der Waals surface area contributed by atoms with Gasteiger partial charge in [-0.05, 0) is 35.4 Å². The molecule has 0 saturated heterocycles. The lowest BCUT2D eigenvalue weighted by atomic mass is 9.88. The van der Waals surface area contributed by atoms with E-state index in [1.54, 1.807) is 24.4 Å². The lowest BCUT2D eigenvalue weighted by Crippen LogP contribution is -2.14. The van der Waals surface area contributed by atoms with E-state index in [0.29, 0.717) is 11.2 Å². The summed E-state index contributed by atoms with van der Waals surface area (Å²) in [7, 11) is 0. The molecule has 3 aromatic rings. The Morgan fingerprint density at radius 3 is 2.81 bits per heavy atom. The maximum atomic E-state index is 13.1. The van der Waals surface area contributed by atoms with E-state index in [0.717, 1.165) is 33.5 Å². The number of carbonyl (C=O) groups is 1. The van der Waals surface area contributed by atoms with E-state index < -0.39 is 17.2 Å². The lowest BCUT2D eigenvalue weighted by molar-refractivity contribution is -0.116. The van der Waals surface area contributed by atoms with E-state index in [1.165, 1.54) is 0 Å². The molecule has 31 heavy (non-hydrogen) atoms. The zero-order valence-corrected chi connectivity index (χ0v) is 17.0. The number of hydrogen-bond acceptors (Lipinski definition) is 4. The van der Waals surface area contributed by atoms with Gasteiger partial charge < -0.3 is 10.6 Å². The smallest absolute Gasteiger partial charge is 0.259 e. The zero-order chi connectivity index (χ0) is 21.4. The maximum absolute atomic E-state index is 13.1. The fourth-order valence-electron chi connectivity index (χ4n) is 4.07. The van der Waals surface area contributed by atoms with Gasteiger partial charge in [0.05, 0.1) is 22.8 Å². The first kappa shape index (κ1) is 19.2. The highest BCUT2D eigenvalue weighted by Crippen LogP contribution is 2.43. The number of amides is 1. The number of carbonyl (C=O) groups excluding carboxylic acids is 1. The van der Waals surface area contributed by atoms with Crippen LogP contribution in [0.3, 0.4) is 0 Å². The minimum atomic E-state index is -2.23. The van der Waals surface area contributed by atoms with Crippen LogP contribution in [0.15, 0.2) is 79.2 Å². The van der Waals surface area contributed by atoms with Crippen molar-refractivity contribution in [2.45, 2.75) is 5.92 Å². The number of nitrogens with one attached hydrogen (secondary N) is 3. The number of fused-ring (bicyclic) bond motifs is 2. The number of anilines is 2. The van der Waals surface area contributed by atoms with E-state index in [1.807, 2.05) is 54.8 Å². The second-order valence-corrected chi connectivity index (χ2v) is 7.82. The minimum absolute atomic E-state index is 0.126. The Kier molecular flexibility index (Phi) is 4.85. The molecule has 0 fully saturated rings. The van der Waals surface area contributed by atoms with Crippen molar-refractivity contribution in [2.24, 2.45) is 0 Å². The average Bonchev–Trinajstić information content (AvgIpc) is 2.92. The maximum Gasteiger partial charge on any atom is 0.259 e. The average molecular weight is 430 g/mol. The molecule has 1 aromatic heterocycles. The Hall–Kier alpha value is -3.75. The molecule has 2 atom stereocenters. The van der Waals surface area contributed by atoms with Crippen molar-refractivity contribution in [1.29, 1.82) is 0 Å². The predicted octanol–water partition coefficient (Wildman–Crippen LogP) is 3.88. The fourth-order valence-corrected chi connectivity index (χ4v) is 4.42. The normalized spacial score (nSPS) is 18.0. The minimum Gasteiger partial charge on any atom is -0.361 e. The van der Waals surface area contributed by atoms with Gasteiger partial charge in [-0.2, -0.15) is 0 Å². The van der Waals surface area contributed by atoms with Gasteiger partial charge in [0.1, 0.15) is 0 Å². The van der Waals surface area contributed by atoms with Gasteiger partial charge in [0.2, 0.25) is 5.91 Å². The van der Waals surface area contributed by atoms with Crippen LogP contribution in [0.25, 0.3) is 16.6 Å². The van der Waals surface area contributed by atoms with Crippen molar-refractivity contribution in [3.8, 4) is 0 Å². The molecule has 0 saturated carbocycles. The van der Waals surface area contributed by atoms with Crippen LogP contribution in [-0.2, 0) is 16.1 Å². The molecule has 5 rings (SSSR count). The van der Waals surface area contributed by atoms with Gasteiger partial charge in [-0.3, -0.25) is 19.1 Å². The highest BCUT2D eigenvalue weighted by molar-refractivity contribution is 7.80. The highest BCUT2D eigenvalue weighted by Gasteiger charge is 2.35. The summed E-state index contributed by atoms with van der Waals surface area (Å²) in [6.45, 7) is 0. The van der Waals surface area contributed by atoms with Gasteiger partial charge in [-0.25, -0.2) is 4.21 Å². The van der Waals surface area contributed by atoms with Crippen LogP contribution in [0.5, 0.6) is 0 Å². The highest BCUT2D eigenvalue weighted by atomic mass is 32.2. The van der Waals surface area contributed by atoms with Crippen LogP contribution in [0.4, 0.5) is 11.4 Å². The number of aromatic nitrogens is 1. The molecule has 2 unspecified atom stereocenters. The molecule has 0 spiro atoms. The molecule has 2 aromatic carbocycles. The van der Waals surface area contributed by atoms with E-state index in [-0.39, 0.29) is 5.91 Å². The standard InChI is InChI=1S/C23H18N4O3S/c28-23-20(14-10-11-19(27-31(29)30)22-15(14)8-5-13-25-22)17-7-4-6-16(21(17)26-23)18-9-2-1-3-12-24-18/h1-13,20,24,27H,(H,26,28)(H,29,30). The number of allylic oxidation sites excluding steroid dienone is 4. The Bertz CT molecular complexity index is 1330. The third-order valence-electron chi connectivity index (χ3n) is 5.34. The summed E-state index contributed by atoms with van der Waals surface area (Å²) in [5, 5.41) is 7.04. The lowest BCUT2D eigenvalue weighted by Gasteiger charge is -2.15. The summed E-state index contributed by atoms with van der Waals surface area (Å²) in [6.07, 6.45) is 11.2. The third-order valence-corrected chi connectivity index (χ3v) is 5.73. The summed E-state index contributed by atoms with van der Waals surface area (Å²) in [4.78, 5) is 17.5.